The third-order valence-corrected chi connectivity index (χ3v) is 4.37. The van der Waals surface area contributed by atoms with Gasteiger partial charge in [-0.25, -0.2) is 0 Å². The Kier molecular flexibility index (Phi) is 3.06. The molecular formula is C17H17N3O2. The van der Waals surface area contributed by atoms with Crippen LogP contribution in [0.5, 0.6) is 0 Å². The Labute approximate surface area is 128 Å². The number of carbonyl (C=O) groups is 2. The van der Waals surface area contributed by atoms with Gasteiger partial charge in [0.2, 0.25) is 5.91 Å². The zero-order chi connectivity index (χ0) is 15.1. The maximum Gasteiger partial charge on any atom is 0.253 e. The highest BCUT2D eigenvalue weighted by Gasteiger charge is 2.26. The molecule has 1 saturated heterocycles. The standard InChI is InChI=1S/C17H17N3O2/c21-16(20-14-5-6-18-17(14)22)13-7-12-4-3-11(10-1-2-10)8-15(12)19-9-13/h3-4,7-10,14H,1-2,5-6H2,(H,18,22)(H,20,21)/t14-/m0/s1. The summed E-state index contributed by atoms with van der Waals surface area (Å²) < 4.78 is 0. The second-order valence-electron chi connectivity index (χ2n) is 6.06. The molecule has 1 atom stereocenters. The first-order chi connectivity index (χ1) is 10.7. The van der Waals surface area contributed by atoms with Gasteiger partial charge in [0.05, 0.1) is 11.1 Å². The molecule has 2 heterocycles. The second kappa shape index (κ2) is 5.09. The Bertz CT molecular complexity index is 768. The largest absolute Gasteiger partial charge is 0.354 e. The van der Waals surface area contributed by atoms with Gasteiger partial charge < -0.3 is 10.6 Å². The van der Waals surface area contributed by atoms with Crippen LogP contribution in [0.1, 0.15) is 41.1 Å². The van der Waals surface area contributed by atoms with Crippen molar-refractivity contribution in [2.75, 3.05) is 6.54 Å². The smallest absolute Gasteiger partial charge is 0.253 e. The van der Waals surface area contributed by atoms with E-state index in [0.29, 0.717) is 24.4 Å². The van der Waals surface area contributed by atoms with Gasteiger partial charge >= 0.3 is 0 Å². The summed E-state index contributed by atoms with van der Waals surface area (Å²) in [5.74, 6) is 0.328. The van der Waals surface area contributed by atoms with E-state index in [9.17, 15) is 9.59 Å². The van der Waals surface area contributed by atoms with Crippen LogP contribution in [-0.2, 0) is 4.79 Å². The quantitative estimate of drug-likeness (QED) is 0.906. The number of fused-ring (bicyclic) bond motifs is 1. The molecule has 0 bridgehead atoms. The van der Waals surface area contributed by atoms with Crippen LogP contribution in [-0.4, -0.2) is 29.4 Å². The van der Waals surface area contributed by atoms with Crippen LogP contribution in [0.4, 0.5) is 0 Å². The minimum absolute atomic E-state index is 0.115. The molecule has 1 aliphatic heterocycles. The van der Waals surface area contributed by atoms with E-state index in [1.165, 1.54) is 18.4 Å². The predicted octanol–water partition coefficient (Wildman–Crippen LogP) is 1.73. The lowest BCUT2D eigenvalue weighted by molar-refractivity contribution is -0.120. The van der Waals surface area contributed by atoms with Gasteiger partial charge in [-0.05, 0) is 42.9 Å². The summed E-state index contributed by atoms with van der Waals surface area (Å²) in [6, 6.07) is 7.66. The highest BCUT2D eigenvalue weighted by molar-refractivity contribution is 6.00. The van der Waals surface area contributed by atoms with Crippen LogP contribution in [0, 0.1) is 0 Å². The van der Waals surface area contributed by atoms with E-state index < -0.39 is 6.04 Å². The van der Waals surface area contributed by atoms with Crippen molar-refractivity contribution < 1.29 is 9.59 Å². The summed E-state index contributed by atoms with van der Waals surface area (Å²) in [4.78, 5) is 28.2. The van der Waals surface area contributed by atoms with Crippen molar-refractivity contribution in [3.8, 4) is 0 Å². The molecule has 2 aromatic rings. The number of aromatic nitrogens is 1. The van der Waals surface area contributed by atoms with E-state index >= 15 is 0 Å². The molecule has 5 heteroatoms. The number of nitrogens with one attached hydrogen (secondary N) is 2. The summed E-state index contributed by atoms with van der Waals surface area (Å²) >= 11 is 0. The van der Waals surface area contributed by atoms with E-state index in [1.807, 2.05) is 12.1 Å². The van der Waals surface area contributed by atoms with E-state index in [-0.39, 0.29) is 11.8 Å². The van der Waals surface area contributed by atoms with Gasteiger partial charge in [-0.1, -0.05) is 12.1 Å². The first-order valence-electron chi connectivity index (χ1n) is 7.69. The minimum Gasteiger partial charge on any atom is -0.354 e. The zero-order valence-corrected chi connectivity index (χ0v) is 12.1. The Hall–Kier alpha value is -2.43. The summed E-state index contributed by atoms with van der Waals surface area (Å²) in [7, 11) is 0. The van der Waals surface area contributed by atoms with Crippen molar-refractivity contribution in [1.82, 2.24) is 15.6 Å². The molecule has 1 saturated carbocycles. The first kappa shape index (κ1) is 13.2. The average Bonchev–Trinajstić information content (AvgIpc) is 3.31. The molecule has 22 heavy (non-hydrogen) atoms. The molecular weight excluding hydrogens is 278 g/mol. The third-order valence-electron chi connectivity index (χ3n) is 4.37. The molecule has 1 aliphatic carbocycles. The fraction of sp³-hybridized carbons (Fsp3) is 0.353. The minimum atomic E-state index is -0.430. The Morgan fingerprint density at radius 2 is 2.09 bits per heavy atom. The first-order valence-corrected chi connectivity index (χ1v) is 7.69. The maximum absolute atomic E-state index is 12.2. The lowest BCUT2D eigenvalue weighted by Gasteiger charge is -2.10. The van der Waals surface area contributed by atoms with E-state index in [0.717, 1.165) is 10.9 Å². The van der Waals surface area contributed by atoms with Crippen molar-refractivity contribution >= 4 is 22.7 Å². The van der Waals surface area contributed by atoms with Gasteiger partial charge in [-0.15, -0.1) is 0 Å². The van der Waals surface area contributed by atoms with Crippen molar-refractivity contribution in [1.29, 1.82) is 0 Å². The molecule has 1 aromatic heterocycles. The van der Waals surface area contributed by atoms with E-state index in [4.69, 9.17) is 0 Å². The van der Waals surface area contributed by atoms with Gasteiger partial charge in [0.1, 0.15) is 6.04 Å². The average molecular weight is 295 g/mol. The van der Waals surface area contributed by atoms with Gasteiger partial charge in [0, 0.05) is 18.1 Å². The van der Waals surface area contributed by atoms with Crippen LogP contribution < -0.4 is 10.6 Å². The molecule has 0 spiro atoms. The fourth-order valence-electron chi connectivity index (χ4n) is 2.91. The van der Waals surface area contributed by atoms with Crippen molar-refractivity contribution in [3.05, 3.63) is 41.6 Å². The molecule has 2 fully saturated rings. The van der Waals surface area contributed by atoms with Crippen LogP contribution in [0.2, 0.25) is 0 Å². The molecule has 0 radical (unpaired) electrons. The molecule has 2 amide bonds. The predicted molar refractivity (Wildman–Crippen MR) is 82.6 cm³/mol. The highest BCUT2D eigenvalue weighted by Crippen LogP contribution is 2.40. The number of benzene rings is 1. The summed E-state index contributed by atoms with van der Waals surface area (Å²) in [5.41, 5.74) is 2.74. The molecule has 1 aromatic carbocycles. The number of amides is 2. The lowest BCUT2D eigenvalue weighted by atomic mass is 10.1. The lowest BCUT2D eigenvalue weighted by Crippen LogP contribution is -2.40. The molecule has 5 nitrogen and oxygen atoms in total. The summed E-state index contributed by atoms with van der Waals surface area (Å²) in [5, 5.41) is 6.42. The van der Waals surface area contributed by atoms with Gasteiger partial charge in [0.15, 0.2) is 0 Å². The van der Waals surface area contributed by atoms with Crippen molar-refractivity contribution in [3.63, 3.8) is 0 Å². The molecule has 2 N–H and O–H groups in total. The highest BCUT2D eigenvalue weighted by atomic mass is 16.2. The normalized spacial score (nSPS) is 20.9. The van der Waals surface area contributed by atoms with Crippen molar-refractivity contribution in [2.45, 2.75) is 31.2 Å². The summed E-state index contributed by atoms with van der Waals surface area (Å²) in [6.45, 7) is 0.615. The van der Waals surface area contributed by atoms with Crippen LogP contribution in [0.15, 0.2) is 30.5 Å². The molecule has 2 aliphatic rings. The fourth-order valence-corrected chi connectivity index (χ4v) is 2.91. The van der Waals surface area contributed by atoms with Gasteiger partial charge in [0.25, 0.3) is 5.91 Å². The Balaban J connectivity index is 1.57. The van der Waals surface area contributed by atoms with E-state index in [1.54, 1.807) is 6.20 Å². The van der Waals surface area contributed by atoms with Crippen molar-refractivity contribution in [2.24, 2.45) is 0 Å². The van der Waals surface area contributed by atoms with Crippen LogP contribution in [0.3, 0.4) is 0 Å². The molecule has 0 unspecified atom stereocenters. The summed E-state index contributed by atoms with van der Waals surface area (Å²) in [6.07, 6.45) is 4.74. The van der Waals surface area contributed by atoms with Gasteiger partial charge in [-0.2, -0.15) is 0 Å². The van der Waals surface area contributed by atoms with E-state index in [2.05, 4.69) is 27.8 Å². The molecule has 112 valence electrons. The topological polar surface area (TPSA) is 71.1 Å². The molecule has 4 rings (SSSR count). The number of carbonyl (C=O) groups excluding carboxylic acids is 2. The SMILES string of the molecule is O=C(N[C@H]1CCNC1=O)c1cnc2cc(C3CC3)ccc2c1. The van der Waals surface area contributed by atoms with Crippen LogP contribution >= 0.6 is 0 Å². The zero-order valence-electron chi connectivity index (χ0n) is 12.1. The number of rotatable bonds is 3. The second-order valence-corrected chi connectivity index (χ2v) is 6.06. The Morgan fingerprint density at radius 3 is 2.82 bits per heavy atom. The monoisotopic (exact) mass is 295 g/mol. The maximum atomic E-state index is 12.2. The number of hydrogen-bond acceptors (Lipinski definition) is 3. The number of nitrogens with zero attached hydrogens (tertiary/aromatic N) is 1. The Morgan fingerprint density at radius 1 is 1.23 bits per heavy atom. The number of pyridine rings is 1. The van der Waals surface area contributed by atoms with Crippen LogP contribution in [0.25, 0.3) is 10.9 Å². The number of hydrogen-bond donors (Lipinski definition) is 2. The third kappa shape index (κ3) is 2.43. The van der Waals surface area contributed by atoms with Gasteiger partial charge in [-0.3, -0.25) is 14.6 Å².